The molecule has 0 aliphatic heterocycles. The van der Waals surface area contributed by atoms with Crippen LogP contribution in [0.2, 0.25) is 5.02 Å². The highest BCUT2D eigenvalue weighted by Crippen LogP contribution is 2.36. The number of nitrogens with zero attached hydrogens (tertiary/aromatic N) is 3. The summed E-state index contributed by atoms with van der Waals surface area (Å²) in [6.07, 6.45) is 2.88. The summed E-state index contributed by atoms with van der Waals surface area (Å²) in [5.74, 6) is -0.0255. The lowest BCUT2D eigenvalue weighted by Gasteiger charge is -2.21. The van der Waals surface area contributed by atoms with Crippen LogP contribution < -0.4 is 4.90 Å². The molecule has 0 saturated carbocycles. The molecule has 4 nitrogen and oxygen atoms in total. The van der Waals surface area contributed by atoms with E-state index in [-0.39, 0.29) is 18.3 Å². The number of thioether (sulfide) groups is 1. The maximum absolute atomic E-state index is 13.4. The SMILES string of the molecule is CSc1cccc(C(=O)N(CCCN(C)C)c2nc3c(C)ccc(Cl)c3s2)c1.Cl. The van der Waals surface area contributed by atoms with Gasteiger partial charge in [0.05, 0.1) is 15.2 Å². The molecule has 0 atom stereocenters. The molecular weight excluding hydrogens is 445 g/mol. The van der Waals surface area contributed by atoms with Gasteiger partial charge in [0.15, 0.2) is 5.13 Å². The molecule has 2 aromatic carbocycles. The van der Waals surface area contributed by atoms with Crippen LogP contribution >= 0.6 is 47.1 Å². The number of benzene rings is 2. The molecule has 0 bridgehead atoms. The third kappa shape index (κ3) is 5.64. The van der Waals surface area contributed by atoms with Crippen LogP contribution in [0.1, 0.15) is 22.3 Å². The number of anilines is 1. The zero-order chi connectivity index (χ0) is 20.3. The molecule has 1 heterocycles. The Morgan fingerprint density at radius 2 is 1.97 bits per heavy atom. The summed E-state index contributed by atoms with van der Waals surface area (Å²) >= 11 is 9.50. The van der Waals surface area contributed by atoms with Gasteiger partial charge in [0.25, 0.3) is 5.91 Å². The molecule has 0 saturated heterocycles. The standard InChI is InChI=1S/C21H24ClN3OS2.ClH/c1-14-9-10-17(22)19-18(14)23-21(28-19)25(12-6-11-24(2)3)20(26)15-7-5-8-16(13-15)27-4;/h5,7-10,13H,6,11-12H2,1-4H3;1H. The summed E-state index contributed by atoms with van der Waals surface area (Å²) in [6.45, 7) is 3.53. The summed E-state index contributed by atoms with van der Waals surface area (Å²) in [5, 5.41) is 1.37. The quantitative estimate of drug-likeness (QED) is 0.397. The first-order valence-corrected chi connectivity index (χ1v) is 11.5. The average molecular weight is 470 g/mol. The van der Waals surface area contributed by atoms with Gasteiger partial charge in [0.1, 0.15) is 0 Å². The molecule has 0 N–H and O–H groups in total. The van der Waals surface area contributed by atoms with E-state index in [2.05, 4.69) is 4.90 Å². The molecule has 3 rings (SSSR count). The van der Waals surface area contributed by atoms with Gasteiger partial charge in [-0.25, -0.2) is 4.98 Å². The number of rotatable bonds is 7. The number of aryl methyl sites for hydroxylation is 1. The Labute approximate surface area is 191 Å². The van der Waals surface area contributed by atoms with Crippen molar-refractivity contribution in [2.75, 3.05) is 38.3 Å². The van der Waals surface area contributed by atoms with Crippen LogP contribution in [-0.4, -0.2) is 49.2 Å². The summed E-state index contributed by atoms with van der Waals surface area (Å²) in [4.78, 5) is 23.1. The summed E-state index contributed by atoms with van der Waals surface area (Å²) < 4.78 is 0.931. The van der Waals surface area contributed by atoms with Gasteiger partial charge in [-0.05, 0) is 70.1 Å². The fraction of sp³-hybridized carbons (Fsp3) is 0.333. The highest BCUT2D eigenvalue weighted by atomic mass is 35.5. The van der Waals surface area contributed by atoms with Crippen molar-refractivity contribution in [3.05, 3.63) is 52.5 Å². The van der Waals surface area contributed by atoms with Gasteiger partial charge in [-0.2, -0.15) is 0 Å². The Balaban J connectivity index is 0.00000300. The molecule has 0 radical (unpaired) electrons. The molecule has 1 aromatic heterocycles. The van der Waals surface area contributed by atoms with Crippen molar-refractivity contribution in [3.63, 3.8) is 0 Å². The topological polar surface area (TPSA) is 36.4 Å². The number of fused-ring (bicyclic) bond motifs is 1. The summed E-state index contributed by atoms with van der Waals surface area (Å²) in [5.41, 5.74) is 2.61. The van der Waals surface area contributed by atoms with Gasteiger partial charge >= 0.3 is 0 Å². The molecule has 0 aliphatic rings. The van der Waals surface area contributed by atoms with Crippen molar-refractivity contribution in [3.8, 4) is 0 Å². The van der Waals surface area contributed by atoms with Crippen LogP contribution in [0.25, 0.3) is 10.2 Å². The van der Waals surface area contributed by atoms with E-state index in [1.807, 2.05) is 63.7 Å². The van der Waals surface area contributed by atoms with Crippen LogP contribution in [0.15, 0.2) is 41.3 Å². The second-order valence-corrected chi connectivity index (χ2v) is 9.15. The lowest BCUT2D eigenvalue weighted by molar-refractivity contribution is 0.0986. The minimum absolute atomic E-state index is 0. The van der Waals surface area contributed by atoms with Gasteiger partial charge < -0.3 is 4.90 Å². The van der Waals surface area contributed by atoms with Gasteiger partial charge in [-0.3, -0.25) is 9.69 Å². The lowest BCUT2D eigenvalue weighted by atomic mass is 10.2. The van der Waals surface area contributed by atoms with E-state index in [1.165, 1.54) is 11.3 Å². The Bertz CT molecular complexity index is 952. The van der Waals surface area contributed by atoms with Gasteiger partial charge in [-0.1, -0.05) is 35.1 Å². The van der Waals surface area contributed by atoms with Crippen molar-refractivity contribution in [1.29, 1.82) is 0 Å². The zero-order valence-corrected chi connectivity index (χ0v) is 20.1. The Hall–Kier alpha value is -1.31. The maximum Gasteiger partial charge on any atom is 0.260 e. The highest BCUT2D eigenvalue weighted by Gasteiger charge is 2.22. The number of amides is 1. The molecule has 0 fully saturated rings. The van der Waals surface area contributed by atoms with Crippen molar-refractivity contribution in [2.45, 2.75) is 18.2 Å². The van der Waals surface area contributed by atoms with E-state index >= 15 is 0 Å². The van der Waals surface area contributed by atoms with E-state index in [0.29, 0.717) is 22.3 Å². The second-order valence-electron chi connectivity index (χ2n) is 6.88. The van der Waals surface area contributed by atoms with E-state index in [9.17, 15) is 4.79 Å². The van der Waals surface area contributed by atoms with Crippen LogP contribution in [-0.2, 0) is 0 Å². The number of aromatic nitrogens is 1. The number of hydrogen-bond donors (Lipinski definition) is 0. The monoisotopic (exact) mass is 469 g/mol. The van der Waals surface area contributed by atoms with Crippen LogP contribution in [0.3, 0.4) is 0 Å². The van der Waals surface area contributed by atoms with Crippen LogP contribution in [0.5, 0.6) is 0 Å². The lowest BCUT2D eigenvalue weighted by Crippen LogP contribution is -2.33. The molecule has 3 aromatic rings. The third-order valence-corrected chi connectivity index (χ3v) is 6.73. The Morgan fingerprint density at radius 3 is 2.62 bits per heavy atom. The summed E-state index contributed by atoms with van der Waals surface area (Å²) in [7, 11) is 4.07. The number of thiazole rings is 1. The summed E-state index contributed by atoms with van der Waals surface area (Å²) in [6, 6.07) is 11.6. The van der Waals surface area contributed by atoms with E-state index in [0.717, 1.165) is 33.6 Å². The van der Waals surface area contributed by atoms with E-state index < -0.39 is 0 Å². The average Bonchev–Trinajstić information content (AvgIpc) is 3.14. The molecule has 1 amide bonds. The molecule has 0 aliphatic carbocycles. The van der Waals surface area contributed by atoms with Crippen LogP contribution in [0, 0.1) is 6.92 Å². The second kappa shape index (κ2) is 10.6. The molecular formula is C21H25Cl2N3OS2. The molecule has 0 spiro atoms. The van der Waals surface area contributed by atoms with Crippen molar-refractivity contribution in [2.24, 2.45) is 0 Å². The molecule has 156 valence electrons. The largest absolute Gasteiger partial charge is 0.309 e. The number of carbonyl (C=O) groups excluding carboxylic acids is 1. The molecule has 29 heavy (non-hydrogen) atoms. The fourth-order valence-electron chi connectivity index (χ4n) is 2.95. The van der Waals surface area contributed by atoms with Crippen molar-refractivity contribution in [1.82, 2.24) is 9.88 Å². The molecule has 0 unspecified atom stereocenters. The zero-order valence-electron chi connectivity index (χ0n) is 16.9. The Morgan fingerprint density at radius 1 is 1.21 bits per heavy atom. The van der Waals surface area contributed by atoms with Crippen LogP contribution in [0.4, 0.5) is 5.13 Å². The van der Waals surface area contributed by atoms with E-state index in [4.69, 9.17) is 16.6 Å². The third-order valence-electron chi connectivity index (χ3n) is 4.47. The maximum atomic E-state index is 13.4. The molecule has 8 heteroatoms. The Kier molecular flexibility index (Phi) is 8.79. The van der Waals surface area contributed by atoms with Gasteiger partial charge in [0.2, 0.25) is 0 Å². The first-order chi connectivity index (χ1) is 13.4. The first-order valence-electron chi connectivity index (χ1n) is 9.07. The minimum atomic E-state index is -0.0255. The number of carbonyl (C=O) groups is 1. The highest BCUT2D eigenvalue weighted by molar-refractivity contribution is 7.98. The predicted octanol–water partition coefficient (Wildman–Crippen LogP) is 6.00. The normalized spacial score (nSPS) is 11.0. The van der Waals surface area contributed by atoms with Gasteiger partial charge in [-0.15, -0.1) is 24.2 Å². The predicted molar refractivity (Wildman–Crippen MR) is 130 cm³/mol. The number of hydrogen-bond acceptors (Lipinski definition) is 5. The van der Waals surface area contributed by atoms with Gasteiger partial charge in [0, 0.05) is 17.0 Å². The minimum Gasteiger partial charge on any atom is -0.309 e. The fourth-order valence-corrected chi connectivity index (χ4v) is 4.75. The van der Waals surface area contributed by atoms with Crippen molar-refractivity contribution < 1.29 is 4.79 Å². The smallest absolute Gasteiger partial charge is 0.260 e. The van der Waals surface area contributed by atoms with Crippen molar-refractivity contribution >= 4 is 68.4 Å². The number of halogens is 2. The van der Waals surface area contributed by atoms with E-state index in [1.54, 1.807) is 16.7 Å². The first kappa shape index (κ1) is 24.0.